The molecular formula is C17H13N3O. The van der Waals surface area contributed by atoms with Crippen molar-refractivity contribution in [3.05, 3.63) is 72.6 Å². The van der Waals surface area contributed by atoms with Gasteiger partial charge in [-0.1, -0.05) is 42.5 Å². The van der Waals surface area contributed by atoms with Gasteiger partial charge in [-0.3, -0.25) is 4.99 Å². The van der Waals surface area contributed by atoms with E-state index in [2.05, 4.69) is 15.0 Å². The van der Waals surface area contributed by atoms with E-state index in [1.165, 1.54) is 0 Å². The van der Waals surface area contributed by atoms with Crippen molar-refractivity contribution < 1.29 is 5.11 Å². The Labute approximate surface area is 122 Å². The first-order valence-electron chi connectivity index (χ1n) is 6.52. The quantitative estimate of drug-likeness (QED) is 0.743. The van der Waals surface area contributed by atoms with Crippen LogP contribution in [0.4, 0.5) is 5.69 Å². The Bertz CT molecular complexity index is 753. The second-order valence-corrected chi connectivity index (χ2v) is 4.45. The number of phenolic OH excluding ortho intramolecular Hbond substituents is 1. The smallest absolute Gasteiger partial charge is 0.159 e. The summed E-state index contributed by atoms with van der Waals surface area (Å²) in [6, 6.07) is 16.8. The highest BCUT2D eigenvalue weighted by molar-refractivity contribution is 5.85. The Balaban J connectivity index is 1.81. The van der Waals surface area contributed by atoms with Gasteiger partial charge in [0, 0.05) is 17.3 Å². The van der Waals surface area contributed by atoms with Crippen molar-refractivity contribution in [3.63, 3.8) is 0 Å². The van der Waals surface area contributed by atoms with Crippen LogP contribution in [-0.2, 0) is 0 Å². The van der Waals surface area contributed by atoms with E-state index >= 15 is 0 Å². The van der Waals surface area contributed by atoms with E-state index in [0.29, 0.717) is 17.1 Å². The SMILES string of the molecule is Oc1ccccc1C=Nc1cnc(-c2ccccc2)nc1. The summed E-state index contributed by atoms with van der Waals surface area (Å²) in [4.78, 5) is 12.9. The summed E-state index contributed by atoms with van der Waals surface area (Å²) in [6.45, 7) is 0. The molecule has 0 aliphatic rings. The van der Waals surface area contributed by atoms with E-state index in [4.69, 9.17) is 0 Å². The second-order valence-electron chi connectivity index (χ2n) is 4.45. The van der Waals surface area contributed by atoms with Crippen molar-refractivity contribution in [2.24, 2.45) is 4.99 Å². The van der Waals surface area contributed by atoms with E-state index in [-0.39, 0.29) is 5.75 Å². The zero-order valence-electron chi connectivity index (χ0n) is 11.2. The van der Waals surface area contributed by atoms with Gasteiger partial charge in [0.05, 0.1) is 18.1 Å². The molecule has 0 saturated heterocycles. The molecule has 0 aliphatic carbocycles. The van der Waals surface area contributed by atoms with Crippen molar-refractivity contribution in [2.45, 2.75) is 0 Å². The molecule has 1 heterocycles. The van der Waals surface area contributed by atoms with Crippen molar-refractivity contribution in [1.29, 1.82) is 0 Å². The third-order valence-corrected chi connectivity index (χ3v) is 2.96. The maximum atomic E-state index is 9.66. The Morgan fingerprint density at radius 2 is 1.52 bits per heavy atom. The normalized spacial score (nSPS) is 10.9. The highest BCUT2D eigenvalue weighted by atomic mass is 16.3. The molecule has 0 spiro atoms. The lowest BCUT2D eigenvalue weighted by Gasteiger charge is -2.00. The van der Waals surface area contributed by atoms with Crippen molar-refractivity contribution in [1.82, 2.24) is 9.97 Å². The molecule has 102 valence electrons. The van der Waals surface area contributed by atoms with Crippen LogP contribution < -0.4 is 0 Å². The summed E-state index contributed by atoms with van der Waals surface area (Å²) in [7, 11) is 0. The van der Waals surface area contributed by atoms with Crippen LogP contribution in [0.15, 0.2) is 72.0 Å². The zero-order chi connectivity index (χ0) is 14.5. The number of hydrogen-bond donors (Lipinski definition) is 1. The van der Waals surface area contributed by atoms with Gasteiger partial charge < -0.3 is 5.11 Å². The first kappa shape index (κ1) is 13.0. The molecule has 3 aromatic rings. The number of nitrogens with zero attached hydrogens (tertiary/aromatic N) is 3. The summed E-state index contributed by atoms with van der Waals surface area (Å²) >= 11 is 0. The molecule has 0 aliphatic heterocycles. The van der Waals surface area contributed by atoms with Crippen LogP contribution >= 0.6 is 0 Å². The van der Waals surface area contributed by atoms with Gasteiger partial charge in [0.1, 0.15) is 5.75 Å². The van der Waals surface area contributed by atoms with Gasteiger partial charge in [-0.15, -0.1) is 0 Å². The summed E-state index contributed by atoms with van der Waals surface area (Å²) in [5.74, 6) is 0.861. The third kappa shape index (κ3) is 3.12. The van der Waals surface area contributed by atoms with Crippen LogP contribution in [0, 0.1) is 0 Å². The minimum Gasteiger partial charge on any atom is -0.507 e. The molecule has 0 atom stereocenters. The number of para-hydroxylation sites is 1. The number of phenols is 1. The fraction of sp³-hybridized carbons (Fsp3) is 0. The molecule has 1 aromatic heterocycles. The maximum absolute atomic E-state index is 9.66. The van der Waals surface area contributed by atoms with Crippen molar-refractivity contribution in [2.75, 3.05) is 0 Å². The fourth-order valence-corrected chi connectivity index (χ4v) is 1.86. The number of aromatic nitrogens is 2. The number of aliphatic imine (C=N–C) groups is 1. The van der Waals surface area contributed by atoms with Crippen LogP contribution in [0.5, 0.6) is 5.75 Å². The number of rotatable bonds is 3. The van der Waals surface area contributed by atoms with Crippen LogP contribution in [0.3, 0.4) is 0 Å². The maximum Gasteiger partial charge on any atom is 0.159 e. The lowest BCUT2D eigenvalue weighted by atomic mass is 10.2. The van der Waals surface area contributed by atoms with Crippen LogP contribution in [-0.4, -0.2) is 21.3 Å². The molecule has 0 radical (unpaired) electrons. The van der Waals surface area contributed by atoms with E-state index in [0.717, 1.165) is 5.56 Å². The molecule has 1 N–H and O–H groups in total. The van der Waals surface area contributed by atoms with Crippen molar-refractivity contribution >= 4 is 11.9 Å². The summed E-state index contributed by atoms with van der Waals surface area (Å²) in [5, 5.41) is 9.66. The Morgan fingerprint density at radius 3 is 2.24 bits per heavy atom. The van der Waals surface area contributed by atoms with Gasteiger partial charge in [-0.25, -0.2) is 9.97 Å². The number of aromatic hydroxyl groups is 1. The number of hydrogen-bond acceptors (Lipinski definition) is 4. The van der Waals surface area contributed by atoms with E-state index in [1.54, 1.807) is 36.8 Å². The van der Waals surface area contributed by atoms with Gasteiger partial charge in [0.25, 0.3) is 0 Å². The molecule has 4 heteroatoms. The van der Waals surface area contributed by atoms with E-state index < -0.39 is 0 Å². The molecule has 3 rings (SSSR count). The molecule has 0 fully saturated rings. The van der Waals surface area contributed by atoms with Gasteiger partial charge in [-0.05, 0) is 12.1 Å². The van der Waals surface area contributed by atoms with Crippen LogP contribution in [0.2, 0.25) is 0 Å². The minimum atomic E-state index is 0.197. The highest BCUT2D eigenvalue weighted by Gasteiger charge is 2.00. The summed E-state index contributed by atoms with van der Waals surface area (Å²) in [5.41, 5.74) is 2.26. The average molecular weight is 275 g/mol. The third-order valence-electron chi connectivity index (χ3n) is 2.96. The highest BCUT2D eigenvalue weighted by Crippen LogP contribution is 2.17. The van der Waals surface area contributed by atoms with Gasteiger partial charge in [0.2, 0.25) is 0 Å². The lowest BCUT2D eigenvalue weighted by molar-refractivity contribution is 0.474. The summed E-state index contributed by atoms with van der Waals surface area (Å²) in [6.07, 6.45) is 4.91. The molecule has 21 heavy (non-hydrogen) atoms. The standard InChI is InChI=1S/C17H13N3O/c21-16-9-5-4-8-14(16)10-18-15-11-19-17(20-12-15)13-6-2-1-3-7-13/h1-12,21H. The second kappa shape index (κ2) is 5.96. The Morgan fingerprint density at radius 1 is 0.857 bits per heavy atom. The van der Waals surface area contributed by atoms with E-state index in [9.17, 15) is 5.11 Å². The largest absolute Gasteiger partial charge is 0.507 e. The van der Waals surface area contributed by atoms with E-state index in [1.807, 2.05) is 36.4 Å². The van der Waals surface area contributed by atoms with Gasteiger partial charge in [0.15, 0.2) is 5.82 Å². The van der Waals surface area contributed by atoms with Crippen LogP contribution in [0.25, 0.3) is 11.4 Å². The molecule has 0 unspecified atom stereocenters. The first-order chi connectivity index (χ1) is 10.3. The van der Waals surface area contributed by atoms with Gasteiger partial charge >= 0.3 is 0 Å². The molecule has 0 amide bonds. The zero-order valence-corrected chi connectivity index (χ0v) is 11.2. The molecule has 0 saturated carbocycles. The molecule has 2 aromatic carbocycles. The topological polar surface area (TPSA) is 58.4 Å². The molecule has 0 bridgehead atoms. The monoisotopic (exact) mass is 275 g/mol. The fourth-order valence-electron chi connectivity index (χ4n) is 1.86. The van der Waals surface area contributed by atoms with Crippen molar-refractivity contribution in [3.8, 4) is 17.1 Å². The molecule has 4 nitrogen and oxygen atoms in total. The Hall–Kier alpha value is -3.01. The Kier molecular flexibility index (Phi) is 3.69. The predicted molar refractivity (Wildman–Crippen MR) is 82.8 cm³/mol. The lowest BCUT2D eigenvalue weighted by Crippen LogP contribution is -1.87. The number of benzene rings is 2. The first-order valence-corrected chi connectivity index (χ1v) is 6.52. The minimum absolute atomic E-state index is 0.197. The van der Waals surface area contributed by atoms with Crippen LogP contribution in [0.1, 0.15) is 5.56 Å². The van der Waals surface area contributed by atoms with Gasteiger partial charge in [-0.2, -0.15) is 0 Å². The predicted octanol–water partition coefficient (Wildman–Crippen LogP) is 3.60. The molecular weight excluding hydrogens is 262 g/mol. The average Bonchev–Trinajstić information content (AvgIpc) is 2.55. The summed E-state index contributed by atoms with van der Waals surface area (Å²) < 4.78 is 0.